The van der Waals surface area contributed by atoms with Crippen LogP contribution in [0.4, 0.5) is 18.9 Å². The number of aryl methyl sites for hydroxylation is 1. The number of fused-ring (bicyclic) bond motifs is 1. The van der Waals surface area contributed by atoms with E-state index in [-0.39, 0.29) is 16.9 Å². The van der Waals surface area contributed by atoms with E-state index in [0.717, 1.165) is 17.8 Å². The van der Waals surface area contributed by atoms with Gasteiger partial charge < -0.3 is 14.8 Å². The Morgan fingerprint density at radius 3 is 2.45 bits per heavy atom. The van der Waals surface area contributed by atoms with E-state index in [9.17, 15) is 18.0 Å². The molecule has 0 aliphatic heterocycles. The van der Waals surface area contributed by atoms with Gasteiger partial charge in [-0.1, -0.05) is 12.1 Å². The highest BCUT2D eigenvalue weighted by atomic mass is 19.4. The molecule has 4 aromatic rings. The lowest BCUT2D eigenvalue weighted by Crippen LogP contribution is -2.16. The van der Waals surface area contributed by atoms with Crippen LogP contribution in [0.1, 0.15) is 21.6 Å². The third-order valence-corrected chi connectivity index (χ3v) is 4.96. The van der Waals surface area contributed by atoms with Crippen molar-refractivity contribution in [3.8, 4) is 22.8 Å². The quantitative estimate of drug-likeness (QED) is 0.458. The molecule has 0 fully saturated rings. The number of aromatic nitrogens is 3. The van der Waals surface area contributed by atoms with Crippen LogP contribution in [0, 0.1) is 6.92 Å². The Balaban J connectivity index is 1.85. The molecule has 1 N–H and O–H groups in total. The van der Waals surface area contributed by atoms with Crippen molar-refractivity contribution in [1.82, 2.24) is 14.6 Å². The van der Waals surface area contributed by atoms with E-state index >= 15 is 0 Å². The van der Waals surface area contributed by atoms with Crippen LogP contribution in [-0.2, 0) is 6.18 Å². The summed E-state index contributed by atoms with van der Waals surface area (Å²) in [5.74, 6) is 0.123. The predicted molar refractivity (Wildman–Crippen MR) is 116 cm³/mol. The summed E-state index contributed by atoms with van der Waals surface area (Å²) in [7, 11) is 2.87. The second kappa shape index (κ2) is 8.45. The lowest BCUT2D eigenvalue weighted by molar-refractivity contribution is -0.142. The van der Waals surface area contributed by atoms with Crippen molar-refractivity contribution in [2.75, 3.05) is 19.5 Å². The number of benzene rings is 2. The topological polar surface area (TPSA) is 77.8 Å². The summed E-state index contributed by atoms with van der Waals surface area (Å²) in [5, 5.41) is 6.47. The molecule has 0 bridgehead atoms. The van der Waals surface area contributed by atoms with Gasteiger partial charge in [0.1, 0.15) is 5.56 Å². The van der Waals surface area contributed by atoms with Gasteiger partial charge in [-0.2, -0.15) is 18.3 Å². The van der Waals surface area contributed by atoms with Gasteiger partial charge in [0.15, 0.2) is 22.8 Å². The number of carbonyl (C=O) groups excluding carboxylic acids is 1. The number of nitrogens with zero attached hydrogens (tertiary/aromatic N) is 3. The van der Waals surface area contributed by atoms with Crippen molar-refractivity contribution in [1.29, 1.82) is 0 Å². The smallest absolute Gasteiger partial charge is 0.433 e. The Morgan fingerprint density at radius 1 is 1.03 bits per heavy atom. The molecule has 0 radical (unpaired) electrons. The zero-order chi connectivity index (χ0) is 23.8. The summed E-state index contributed by atoms with van der Waals surface area (Å²) in [6, 6.07) is 12.6. The minimum atomic E-state index is -4.73. The number of amides is 1. The van der Waals surface area contributed by atoms with E-state index in [1.54, 1.807) is 30.3 Å². The van der Waals surface area contributed by atoms with Crippen LogP contribution in [0.2, 0.25) is 0 Å². The zero-order valence-corrected chi connectivity index (χ0v) is 17.9. The van der Waals surface area contributed by atoms with Gasteiger partial charge in [0.25, 0.3) is 5.91 Å². The Labute approximate surface area is 186 Å². The van der Waals surface area contributed by atoms with Crippen LogP contribution in [0.3, 0.4) is 0 Å². The van der Waals surface area contributed by atoms with Crippen molar-refractivity contribution < 1.29 is 27.4 Å². The van der Waals surface area contributed by atoms with Gasteiger partial charge in [-0.05, 0) is 48.9 Å². The van der Waals surface area contributed by atoms with E-state index in [0.29, 0.717) is 27.3 Å². The summed E-state index contributed by atoms with van der Waals surface area (Å²) in [5.41, 5.74) is 0.399. The number of methoxy groups -OCH3 is 2. The second-order valence-corrected chi connectivity index (χ2v) is 7.21. The molecular formula is C23H19F3N4O3. The van der Waals surface area contributed by atoms with E-state index in [2.05, 4.69) is 15.4 Å². The fraction of sp³-hybridized carbons (Fsp3) is 0.174. The fourth-order valence-corrected chi connectivity index (χ4v) is 3.39. The molecule has 0 aliphatic rings. The first-order chi connectivity index (χ1) is 15.7. The van der Waals surface area contributed by atoms with Crippen LogP contribution in [0.5, 0.6) is 11.5 Å². The molecule has 0 spiro atoms. The van der Waals surface area contributed by atoms with Crippen LogP contribution >= 0.6 is 0 Å². The Hall–Kier alpha value is -4.08. The third-order valence-electron chi connectivity index (χ3n) is 4.96. The summed E-state index contributed by atoms with van der Waals surface area (Å²) < 4.78 is 52.6. The second-order valence-electron chi connectivity index (χ2n) is 7.21. The molecular weight excluding hydrogens is 437 g/mol. The Bertz CT molecular complexity index is 1350. The number of hydrogen-bond acceptors (Lipinski definition) is 5. The molecule has 1 amide bonds. The van der Waals surface area contributed by atoms with Gasteiger partial charge in [0.05, 0.1) is 26.1 Å². The molecule has 170 valence electrons. The lowest BCUT2D eigenvalue weighted by Gasteiger charge is -2.13. The molecule has 2 heterocycles. The standard InChI is InChI=1S/C23H19F3N4O3/c1-13-5-4-6-15(9-13)28-22(31)16-12-27-30-20(23(24,25)26)11-17(29-21(16)30)14-7-8-18(32-2)19(10-14)33-3/h4-12H,1-3H3,(H,28,31). The van der Waals surface area contributed by atoms with Gasteiger partial charge in [-0.15, -0.1) is 0 Å². The number of hydrogen-bond donors (Lipinski definition) is 1. The summed E-state index contributed by atoms with van der Waals surface area (Å²) in [6.07, 6.45) is -3.66. The molecule has 2 aromatic heterocycles. The van der Waals surface area contributed by atoms with Crippen molar-refractivity contribution in [2.24, 2.45) is 0 Å². The van der Waals surface area contributed by atoms with E-state index in [1.165, 1.54) is 20.3 Å². The Morgan fingerprint density at radius 2 is 1.79 bits per heavy atom. The van der Waals surface area contributed by atoms with Gasteiger partial charge in [-0.25, -0.2) is 9.50 Å². The molecule has 7 nitrogen and oxygen atoms in total. The SMILES string of the molecule is COc1ccc(-c2cc(C(F)(F)F)n3ncc(C(=O)Nc4cccc(C)c4)c3n2)cc1OC. The molecule has 0 aliphatic carbocycles. The van der Waals surface area contributed by atoms with Crippen LogP contribution in [-0.4, -0.2) is 34.7 Å². The number of ether oxygens (including phenoxy) is 2. The molecule has 0 unspecified atom stereocenters. The number of anilines is 1. The minimum absolute atomic E-state index is 0.000818. The van der Waals surface area contributed by atoms with E-state index in [4.69, 9.17) is 9.47 Å². The molecule has 0 atom stereocenters. The van der Waals surface area contributed by atoms with E-state index < -0.39 is 17.8 Å². The summed E-state index contributed by atoms with van der Waals surface area (Å²) in [4.78, 5) is 17.2. The summed E-state index contributed by atoms with van der Waals surface area (Å²) >= 11 is 0. The Kier molecular flexibility index (Phi) is 5.67. The molecule has 33 heavy (non-hydrogen) atoms. The van der Waals surface area contributed by atoms with Crippen molar-refractivity contribution in [2.45, 2.75) is 13.1 Å². The highest BCUT2D eigenvalue weighted by Gasteiger charge is 2.36. The number of nitrogens with one attached hydrogen (secondary N) is 1. The normalized spacial score (nSPS) is 11.5. The molecule has 4 rings (SSSR count). The first kappa shape index (κ1) is 22.1. The third kappa shape index (κ3) is 4.32. The first-order valence-electron chi connectivity index (χ1n) is 9.77. The molecule has 2 aromatic carbocycles. The molecule has 0 saturated carbocycles. The van der Waals surface area contributed by atoms with Crippen molar-refractivity contribution in [3.05, 3.63) is 71.5 Å². The average molecular weight is 456 g/mol. The maximum atomic E-state index is 13.8. The maximum absolute atomic E-state index is 13.8. The highest BCUT2D eigenvalue weighted by Crippen LogP contribution is 2.35. The van der Waals surface area contributed by atoms with Gasteiger partial charge >= 0.3 is 6.18 Å². The number of carbonyl (C=O) groups is 1. The number of rotatable bonds is 5. The predicted octanol–water partition coefficient (Wildman–Crippen LogP) is 4.99. The molecule has 0 saturated heterocycles. The first-order valence-corrected chi connectivity index (χ1v) is 9.77. The summed E-state index contributed by atoms with van der Waals surface area (Å²) in [6.45, 7) is 1.86. The van der Waals surface area contributed by atoms with Crippen LogP contribution in [0.15, 0.2) is 54.7 Å². The number of alkyl halides is 3. The lowest BCUT2D eigenvalue weighted by atomic mass is 10.1. The average Bonchev–Trinajstić information content (AvgIpc) is 3.21. The number of halogens is 3. The highest BCUT2D eigenvalue weighted by molar-refractivity contribution is 6.08. The van der Waals surface area contributed by atoms with Crippen LogP contribution in [0.25, 0.3) is 16.9 Å². The fourth-order valence-electron chi connectivity index (χ4n) is 3.39. The van der Waals surface area contributed by atoms with Crippen molar-refractivity contribution in [3.63, 3.8) is 0 Å². The zero-order valence-electron chi connectivity index (χ0n) is 17.9. The molecule has 10 heteroatoms. The van der Waals surface area contributed by atoms with Gasteiger partial charge in [-0.3, -0.25) is 4.79 Å². The van der Waals surface area contributed by atoms with Crippen molar-refractivity contribution >= 4 is 17.2 Å². The minimum Gasteiger partial charge on any atom is -0.493 e. The van der Waals surface area contributed by atoms with Crippen LogP contribution < -0.4 is 14.8 Å². The van der Waals surface area contributed by atoms with Gasteiger partial charge in [0, 0.05) is 11.3 Å². The van der Waals surface area contributed by atoms with E-state index in [1.807, 2.05) is 13.0 Å². The maximum Gasteiger partial charge on any atom is 0.433 e. The largest absolute Gasteiger partial charge is 0.493 e. The van der Waals surface area contributed by atoms with Gasteiger partial charge in [0.2, 0.25) is 0 Å². The monoisotopic (exact) mass is 456 g/mol.